The third-order valence-electron chi connectivity index (χ3n) is 3.18. The summed E-state index contributed by atoms with van der Waals surface area (Å²) in [7, 11) is 0. The largest absolute Gasteiger partial charge is 0.384 e. The highest BCUT2D eigenvalue weighted by Gasteiger charge is 2.12. The second-order valence-electron chi connectivity index (χ2n) is 4.85. The standard InChI is InChI=1S/C16H20ClN3/c1-2-7-19-15(13-4-3-5-14(17)11-13)9-12-6-8-20-16(18)10-12/h3-6,8,10-11,15,19H,2,7,9H2,1H3,(H2,18,20). The van der Waals surface area contributed by atoms with Crippen LogP contribution in [0.15, 0.2) is 42.6 Å². The van der Waals surface area contributed by atoms with Crippen molar-refractivity contribution in [2.45, 2.75) is 25.8 Å². The molecule has 0 amide bonds. The van der Waals surface area contributed by atoms with Crippen LogP contribution >= 0.6 is 11.6 Å². The number of rotatable bonds is 6. The van der Waals surface area contributed by atoms with Gasteiger partial charge in [0.15, 0.2) is 0 Å². The van der Waals surface area contributed by atoms with Gasteiger partial charge >= 0.3 is 0 Å². The molecule has 0 bridgehead atoms. The molecule has 0 aliphatic carbocycles. The lowest BCUT2D eigenvalue weighted by Crippen LogP contribution is -2.24. The van der Waals surface area contributed by atoms with E-state index in [1.807, 2.05) is 30.3 Å². The van der Waals surface area contributed by atoms with E-state index in [2.05, 4.69) is 23.3 Å². The Bertz CT molecular complexity index is 557. The summed E-state index contributed by atoms with van der Waals surface area (Å²) in [4.78, 5) is 4.03. The Hall–Kier alpha value is -1.58. The molecule has 1 aromatic heterocycles. The predicted molar refractivity (Wildman–Crippen MR) is 84.8 cm³/mol. The van der Waals surface area contributed by atoms with E-state index < -0.39 is 0 Å². The topological polar surface area (TPSA) is 50.9 Å². The minimum Gasteiger partial charge on any atom is -0.384 e. The normalized spacial score (nSPS) is 12.3. The molecule has 0 radical (unpaired) electrons. The Labute approximate surface area is 125 Å². The van der Waals surface area contributed by atoms with E-state index in [0.29, 0.717) is 5.82 Å². The Morgan fingerprint density at radius 2 is 2.15 bits per heavy atom. The second kappa shape index (κ2) is 7.27. The number of hydrogen-bond donors (Lipinski definition) is 2. The van der Waals surface area contributed by atoms with Gasteiger partial charge in [0.25, 0.3) is 0 Å². The maximum absolute atomic E-state index is 6.09. The Kier molecular flexibility index (Phi) is 5.39. The smallest absolute Gasteiger partial charge is 0.123 e. The summed E-state index contributed by atoms with van der Waals surface area (Å²) in [5.41, 5.74) is 8.11. The lowest BCUT2D eigenvalue weighted by molar-refractivity contribution is 0.529. The van der Waals surface area contributed by atoms with Crippen LogP contribution in [0.2, 0.25) is 5.02 Å². The highest BCUT2D eigenvalue weighted by atomic mass is 35.5. The summed E-state index contributed by atoms with van der Waals surface area (Å²) in [6.45, 7) is 3.13. The van der Waals surface area contributed by atoms with Gasteiger partial charge in [-0.15, -0.1) is 0 Å². The third kappa shape index (κ3) is 4.22. The molecular weight excluding hydrogens is 270 g/mol. The first-order valence-electron chi connectivity index (χ1n) is 6.88. The maximum atomic E-state index is 6.09. The van der Waals surface area contributed by atoms with Crippen LogP contribution in [0.1, 0.15) is 30.5 Å². The van der Waals surface area contributed by atoms with Crippen molar-refractivity contribution in [3.05, 3.63) is 58.7 Å². The molecule has 0 saturated carbocycles. The molecule has 1 unspecified atom stereocenters. The average molecular weight is 290 g/mol. The quantitative estimate of drug-likeness (QED) is 0.854. The van der Waals surface area contributed by atoms with Crippen molar-refractivity contribution < 1.29 is 0 Å². The molecule has 0 aliphatic rings. The van der Waals surface area contributed by atoms with Crippen LogP contribution in [0, 0.1) is 0 Å². The SMILES string of the molecule is CCCNC(Cc1ccnc(N)c1)c1cccc(Cl)c1. The fourth-order valence-electron chi connectivity index (χ4n) is 2.21. The number of anilines is 1. The molecule has 4 heteroatoms. The van der Waals surface area contributed by atoms with Gasteiger partial charge < -0.3 is 11.1 Å². The van der Waals surface area contributed by atoms with E-state index in [1.165, 1.54) is 11.1 Å². The first-order chi connectivity index (χ1) is 9.69. The Balaban J connectivity index is 2.19. The molecule has 3 N–H and O–H groups in total. The van der Waals surface area contributed by atoms with E-state index in [4.69, 9.17) is 17.3 Å². The summed E-state index contributed by atoms with van der Waals surface area (Å²) in [6, 6.07) is 12.2. The third-order valence-corrected chi connectivity index (χ3v) is 3.41. The van der Waals surface area contributed by atoms with E-state index in [9.17, 15) is 0 Å². The van der Waals surface area contributed by atoms with Crippen LogP contribution < -0.4 is 11.1 Å². The van der Waals surface area contributed by atoms with Gasteiger partial charge in [-0.1, -0.05) is 30.7 Å². The minimum atomic E-state index is 0.232. The van der Waals surface area contributed by atoms with Gasteiger partial charge in [-0.3, -0.25) is 0 Å². The number of pyridine rings is 1. The number of hydrogen-bond acceptors (Lipinski definition) is 3. The lowest BCUT2D eigenvalue weighted by Gasteiger charge is -2.19. The van der Waals surface area contributed by atoms with Crippen LogP contribution in [-0.2, 0) is 6.42 Å². The van der Waals surface area contributed by atoms with Crippen LogP contribution in [-0.4, -0.2) is 11.5 Å². The number of nitrogens with zero attached hydrogens (tertiary/aromatic N) is 1. The van der Waals surface area contributed by atoms with Crippen molar-refractivity contribution in [2.24, 2.45) is 0 Å². The van der Waals surface area contributed by atoms with Crippen molar-refractivity contribution in [2.75, 3.05) is 12.3 Å². The monoisotopic (exact) mass is 289 g/mol. The molecule has 3 nitrogen and oxygen atoms in total. The molecular formula is C16H20ClN3. The molecule has 2 rings (SSSR count). The summed E-state index contributed by atoms with van der Waals surface area (Å²) in [5, 5.41) is 4.32. The molecule has 0 spiro atoms. The fraction of sp³-hybridized carbons (Fsp3) is 0.312. The van der Waals surface area contributed by atoms with Crippen molar-refractivity contribution in [1.29, 1.82) is 0 Å². The number of halogens is 1. The van der Waals surface area contributed by atoms with Gasteiger partial charge in [0, 0.05) is 17.3 Å². The zero-order valence-corrected chi connectivity index (χ0v) is 12.4. The summed E-state index contributed by atoms with van der Waals surface area (Å²) >= 11 is 6.09. The van der Waals surface area contributed by atoms with Crippen molar-refractivity contribution in [1.82, 2.24) is 10.3 Å². The molecule has 0 fully saturated rings. The van der Waals surface area contributed by atoms with Crippen LogP contribution in [0.25, 0.3) is 0 Å². The zero-order valence-electron chi connectivity index (χ0n) is 11.6. The molecule has 0 aliphatic heterocycles. The molecule has 106 valence electrons. The van der Waals surface area contributed by atoms with Gasteiger partial charge in [0.05, 0.1) is 0 Å². The Morgan fingerprint density at radius 3 is 2.85 bits per heavy atom. The number of aromatic nitrogens is 1. The minimum absolute atomic E-state index is 0.232. The van der Waals surface area contributed by atoms with E-state index >= 15 is 0 Å². The Morgan fingerprint density at radius 1 is 1.30 bits per heavy atom. The van der Waals surface area contributed by atoms with Gasteiger partial charge in [0.2, 0.25) is 0 Å². The first-order valence-corrected chi connectivity index (χ1v) is 7.26. The zero-order chi connectivity index (χ0) is 14.4. The number of nitrogen functional groups attached to an aromatic ring is 1. The van der Waals surface area contributed by atoms with Gasteiger partial charge in [-0.05, 0) is 54.8 Å². The van der Waals surface area contributed by atoms with Crippen LogP contribution in [0.4, 0.5) is 5.82 Å². The summed E-state index contributed by atoms with van der Waals surface area (Å²) < 4.78 is 0. The highest BCUT2D eigenvalue weighted by Crippen LogP contribution is 2.22. The molecule has 20 heavy (non-hydrogen) atoms. The average Bonchev–Trinajstić information content (AvgIpc) is 2.43. The van der Waals surface area contributed by atoms with Gasteiger partial charge in [-0.2, -0.15) is 0 Å². The molecule has 1 heterocycles. The molecule has 1 atom stereocenters. The van der Waals surface area contributed by atoms with Crippen molar-refractivity contribution >= 4 is 17.4 Å². The van der Waals surface area contributed by atoms with E-state index in [1.54, 1.807) is 6.20 Å². The van der Waals surface area contributed by atoms with E-state index in [-0.39, 0.29) is 6.04 Å². The fourth-order valence-corrected chi connectivity index (χ4v) is 2.41. The number of nitrogens with two attached hydrogens (primary N) is 1. The summed E-state index contributed by atoms with van der Waals surface area (Å²) in [6.07, 6.45) is 3.71. The maximum Gasteiger partial charge on any atom is 0.123 e. The van der Waals surface area contributed by atoms with Crippen LogP contribution in [0.3, 0.4) is 0 Å². The van der Waals surface area contributed by atoms with Crippen molar-refractivity contribution in [3.8, 4) is 0 Å². The summed E-state index contributed by atoms with van der Waals surface area (Å²) in [5.74, 6) is 0.558. The molecule has 1 aromatic carbocycles. The number of nitrogens with one attached hydrogen (secondary N) is 1. The molecule has 2 aromatic rings. The van der Waals surface area contributed by atoms with Crippen LogP contribution in [0.5, 0.6) is 0 Å². The molecule has 0 saturated heterocycles. The van der Waals surface area contributed by atoms with Gasteiger partial charge in [-0.25, -0.2) is 4.98 Å². The number of benzene rings is 1. The second-order valence-corrected chi connectivity index (χ2v) is 5.29. The highest BCUT2D eigenvalue weighted by molar-refractivity contribution is 6.30. The first kappa shape index (κ1) is 14.8. The lowest BCUT2D eigenvalue weighted by atomic mass is 9.99. The van der Waals surface area contributed by atoms with Gasteiger partial charge in [0.1, 0.15) is 5.82 Å². The van der Waals surface area contributed by atoms with E-state index in [0.717, 1.165) is 24.4 Å². The predicted octanol–water partition coefficient (Wildman–Crippen LogP) is 3.60. The van der Waals surface area contributed by atoms with Crippen molar-refractivity contribution in [3.63, 3.8) is 0 Å².